The first-order valence-corrected chi connectivity index (χ1v) is 10.3. The first-order chi connectivity index (χ1) is 14.5. The fourth-order valence-electron chi connectivity index (χ4n) is 3.66. The lowest BCUT2D eigenvalue weighted by molar-refractivity contribution is 0.206. The molecule has 3 aromatic rings. The Labute approximate surface area is 175 Å². The number of hydrogen-bond acceptors (Lipinski definition) is 7. The molecule has 0 unspecified atom stereocenters. The van der Waals surface area contributed by atoms with Gasteiger partial charge >= 0.3 is 6.03 Å². The van der Waals surface area contributed by atoms with Gasteiger partial charge in [0.25, 0.3) is 0 Å². The van der Waals surface area contributed by atoms with E-state index in [9.17, 15) is 4.79 Å². The highest BCUT2D eigenvalue weighted by Gasteiger charge is 2.28. The summed E-state index contributed by atoms with van der Waals surface area (Å²) in [6.07, 6.45) is 5.95. The van der Waals surface area contributed by atoms with Crippen LogP contribution in [0.4, 0.5) is 10.6 Å². The zero-order valence-corrected chi connectivity index (χ0v) is 17.8. The molecule has 1 atom stereocenters. The molecule has 4 heterocycles. The van der Waals surface area contributed by atoms with E-state index >= 15 is 0 Å². The summed E-state index contributed by atoms with van der Waals surface area (Å²) < 4.78 is 2.03. The van der Waals surface area contributed by atoms with Crippen molar-refractivity contribution in [3.8, 4) is 11.4 Å². The maximum absolute atomic E-state index is 12.3. The van der Waals surface area contributed by atoms with E-state index in [0.717, 1.165) is 23.5 Å². The highest BCUT2D eigenvalue weighted by atomic mass is 16.2. The van der Waals surface area contributed by atoms with Crippen molar-refractivity contribution in [3.63, 3.8) is 0 Å². The lowest BCUT2D eigenvalue weighted by Crippen LogP contribution is -2.42. The van der Waals surface area contributed by atoms with Gasteiger partial charge in [0.1, 0.15) is 18.0 Å². The average Bonchev–Trinajstić information content (AvgIpc) is 3.33. The summed E-state index contributed by atoms with van der Waals surface area (Å²) in [6.45, 7) is 9.87. The molecule has 1 fully saturated rings. The number of carbonyl (C=O) groups excluding carboxylic acids is 1. The van der Waals surface area contributed by atoms with Crippen LogP contribution in [-0.4, -0.2) is 65.6 Å². The minimum atomic E-state index is -0.0287. The van der Waals surface area contributed by atoms with Crippen molar-refractivity contribution in [3.05, 3.63) is 24.5 Å². The molecule has 10 heteroatoms. The third kappa shape index (κ3) is 3.89. The second-order valence-electron chi connectivity index (χ2n) is 7.77. The Balaban J connectivity index is 1.60. The summed E-state index contributed by atoms with van der Waals surface area (Å²) in [5.74, 6) is 2.16. The lowest BCUT2D eigenvalue weighted by atomic mass is 10.2. The molecule has 2 N–H and O–H groups in total. The Hall–Kier alpha value is -3.30. The lowest BCUT2D eigenvalue weighted by Gasteiger charge is -2.19. The van der Waals surface area contributed by atoms with E-state index in [1.165, 1.54) is 0 Å². The number of aryl methyl sites for hydroxylation is 2. The third-order valence-corrected chi connectivity index (χ3v) is 5.12. The largest absolute Gasteiger partial charge is 0.364 e. The number of aromatic nitrogens is 6. The van der Waals surface area contributed by atoms with Crippen LogP contribution in [0.25, 0.3) is 22.6 Å². The van der Waals surface area contributed by atoms with E-state index in [2.05, 4.69) is 37.5 Å². The summed E-state index contributed by atoms with van der Waals surface area (Å²) >= 11 is 0. The molecule has 158 valence electrons. The summed E-state index contributed by atoms with van der Waals surface area (Å²) in [5, 5.41) is 6.41. The van der Waals surface area contributed by atoms with E-state index in [4.69, 9.17) is 4.98 Å². The first-order valence-electron chi connectivity index (χ1n) is 10.3. The van der Waals surface area contributed by atoms with Gasteiger partial charge < -0.3 is 20.1 Å². The van der Waals surface area contributed by atoms with Gasteiger partial charge in [-0.2, -0.15) is 0 Å². The molecule has 0 saturated carbocycles. The Morgan fingerprint density at radius 1 is 1.23 bits per heavy atom. The minimum absolute atomic E-state index is 0.0287. The quantitative estimate of drug-likeness (QED) is 0.664. The number of imidazole rings is 1. The molecule has 30 heavy (non-hydrogen) atoms. The molecule has 0 spiro atoms. The van der Waals surface area contributed by atoms with Gasteiger partial charge in [-0.25, -0.2) is 29.7 Å². The molecular formula is C20H27N9O. The molecule has 0 bridgehead atoms. The van der Waals surface area contributed by atoms with Gasteiger partial charge in [0, 0.05) is 44.1 Å². The van der Waals surface area contributed by atoms with Crippen LogP contribution in [0.5, 0.6) is 0 Å². The molecule has 1 aliphatic rings. The summed E-state index contributed by atoms with van der Waals surface area (Å²) in [4.78, 5) is 36.4. The van der Waals surface area contributed by atoms with Crippen molar-refractivity contribution in [2.75, 3.05) is 18.4 Å². The normalized spacial score (nSPS) is 16.4. The smallest absolute Gasteiger partial charge is 0.317 e. The number of fused-ring (bicyclic) bond motifs is 1. The number of nitrogens with zero attached hydrogens (tertiary/aromatic N) is 7. The minimum Gasteiger partial charge on any atom is -0.364 e. The van der Waals surface area contributed by atoms with Crippen LogP contribution in [0.1, 0.15) is 33.0 Å². The van der Waals surface area contributed by atoms with Crippen molar-refractivity contribution in [2.24, 2.45) is 0 Å². The molecule has 0 radical (unpaired) electrons. The average molecular weight is 409 g/mol. The molecule has 0 aromatic carbocycles. The predicted molar refractivity (Wildman–Crippen MR) is 114 cm³/mol. The molecular weight excluding hydrogens is 382 g/mol. The number of rotatable bonds is 5. The van der Waals surface area contributed by atoms with E-state index in [-0.39, 0.29) is 18.1 Å². The summed E-state index contributed by atoms with van der Waals surface area (Å²) in [7, 11) is 0. The number of nitrogens with one attached hydrogen (secondary N) is 2. The summed E-state index contributed by atoms with van der Waals surface area (Å²) in [5.41, 5.74) is 2.31. The molecule has 2 amide bonds. The molecule has 10 nitrogen and oxygen atoms in total. The molecule has 3 aromatic heterocycles. The standard InChI is InChI=1S/C20H27N9O/c1-5-29-18(14-8-21-13(4)22-9-14)27-16-17(23-11-24-19(16)29)26-15-6-7-28(10-15)20(30)25-12(2)3/h8-9,11-12,15H,5-7,10H2,1-4H3,(H,25,30)(H,23,24,26)/t15-/m0/s1. The van der Waals surface area contributed by atoms with Gasteiger partial charge in [0.05, 0.1) is 5.56 Å². The number of urea groups is 1. The highest BCUT2D eigenvalue weighted by molar-refractivity contribution is 5.86. The molecule has 4 rings (SSSR count). The molecule has 1 aliphatic heterocycles. The second-order valence-corrected chi connectivity index (χ2v) is 7.77. The van der Waals surface area contributed by atoms with Gasteiger partial charge in [0.15, 0.2) is 17.0 Å². The van der Waals surface area contributed by atoms with E-state index in [1.54, 1.807) is 18.7 Å². The Morgan fingerprint density at radius 2 is 2.00 bits per heavy atom. The number of anilines is 1. The van der Waals surface area contributed by atoms with E-state index in [0.29, 0.717) is 36.8 Å². The zero-order chi connectivity index (χ0) is 21.3. The fraction of sp³-hybridized carbons (Fsp3) is 0.500. The highest BCUT2D eigenvalue weighted by Crippen LogP contribution is 2.27. The van der Waals surface area contributed by atoms with Crippen LogP contribution >= 0.6 is 0 Å². The topological polar surface area (TPSA) is 114 Å². The number of hydrogen-bond donors (Lipinski definition) is 2. The van der Waals surface area contributed by atoms with Crippen molar-refractivity contribution < 1.29 is 4.79 Å². The van der Waals surface area contributed by atoms with Crippen LogP contribution in [-0.2, 0) is 6.54 Å². The predicted octanol–water partition coefficient (Wildman–Crippen LogP) is 2.22. The van der Waals surface area contributed by atoms with Crippen LogP contribution < -0.4 is 10.6 Å². The third-order valence-electron chi connectivity index (χ3n) is 5.12. The number of amides is 2. The molecule has 0 aliphatic carbocycles. The van der Waals surface area contributed by atoms with Gasteiger partial charge in [-0.3, -0.25) is 0 Å². The Morgan fingerprint density at radius 3 is 2.70 bits per heavy atom. The van der Waals surface area contributed by atoms with Crippen molar-refractivity contribution in [1.82, 2.24) is 39.7 Å². The zero-order valence-electron chi connectivity index (χ0n) is 17.8. The second kappa shape index (κ2) is 8.21. The van der Waals surface area contributed by atoms with Crippen LogP contribution in [0.2, 0.25) is 0 Å². The van der Waals surface area contributed by atoms with Gasteiger partial charge in [-0.1, -0.05) is 0 Å². The van der Waals surface area contributed by atoms with Crippen LogP contribution in [0.3, 0.4) is 0 Å². The first kappa shape index (κ1) is 20.0. The Kier molecular flexibility index (Phi) is 5.47. The SMILES string of the molecule is CCn1c(-c2cnc(C)nc2)nc2c(N[C@H]3CCN(C(=O)NC(C)C)C3)ncnc21. The van der Waals surface area contributed by atoms with Gasteiger partial charge in [-0.15, -0.1) is 0 Å². The maximum atomic E-state index is 12.3. The van der Waals surface area contributed by atoms with Gasteiger partial charge in [-0.05, 0) is 34.1 Å². The van der Waals surface area contributed by atoms with Crippen molar-refractivity contribution >= 4 is 23.0 Å². The van der Waals surface area contributed by atoms with Crippen molar-refractivity contribution in [2.45, 2.75) is 52.7 Å². The fourth-order valence-corrected chi connectivity index (χ4v) is 3.66. The van der Waals surface area contributed by atoms with Crippen molar-refractivity contribution in [1.29, 1.82) is 0 Å². The van der Waals surface area contributed by atoms with Gasteiger partial charge in [0.2, 0.25) is 0 Å². The van der Waals surface area contributed by atoms with E-state index in [1.807, 2.05) is 30.2 Å². The van der Waals surface area contributed by atoms with Crippen LogP contribution in [0.15, 0.2) is 18.7 Å². The summed E-state index contributed by atoms with van der Waals surface area (Å²) in [6, 6.07) is 0.200. The maximum Gasteiger partial charge on any atom is 0.317 e. The Bertz CT molecular complexity index is 1040. The molecule has 1 saturated heterocycles. The monoisotopic (exact) mass is 409 g/mol. The van der Waals surface area contributed by atoms with Crippen LogP contribution in [0, 0.1) is 6.92 Å². The number of likely N-dealkylation sites (tertiary alicyclic amines) is 1. The van der Waals surface area contributed by atoms with E-state index < -0.39 is 0 Å². The number of carbonyl (C=O) groups is 1.